The molecule has 0 spiro atoms. The number of hydrogen-bond donors (Lipinski definition) is 1. The smallest absolute Gasteiger partial charge is 0.293 e. The maximum Gasteiger partial charge on any atom is 0.293 e. The molecule has 2 aliphatic heterocycles. The van der Waals surface area contributed by atoms with Gasteiger partial charge in [0.2, 0.25) is 0 Å². The largest absolute Gasteiger partial charge is 0.373 e. The third-order valence-corrected chi connectivity index (χ3v) is 3.98. The monoisotopic (exact) mass is 264 g/mol. The minimum atomic E-state index is -0.0997. The number of ether oxygens (including phenoxy) is 1. The molecule has 2 atom stereocenters. The van der Waals surface area contributed by atoms with Gasteiger partial charge in [0.15, 0.2) is 5.82 Å². The Kier molecular flexibility index (Phi) is 3.52. The Morgan fingerprint density at radius 2 is 2.47 bits per heavy atom. The Labute approximate surface area is 112 Å². The molecule has 2 unspecified atom stereocenters. The number of anilines is 1. The lowest BCUT2D eigenvalue weighted by atomic mass is 10.2. The summed E-state index contributed by atoms with van der Waals surface area (Å²) in [7, 11) is 1.72. The van der Waals surface area contributed by atoms with Gasteiger partial charge in [-0.15, -0.1) is 0 Å². The molecule has 6 heteroatoms. The van der Waals surface area contributed by atoms with Crippen LogP contribution in [0.2, 0.25) is 0 Å². The van der Waals surface area contributed by atoms with Gasteiger partial charge >= 0.3 is 0 Å². The van der Waals surface area contributed by atoms with Crippen molar-refractivity contribution in [3.63, 3.8) is 0 Å². The van der Waals surface area contributed by atoms with Gasteiger partial charge < -0.3 is 14.6 Å². The van der Waals surface area contributed by atoms with E-state index in [1.54, 1.807) is 19.4 Å². The molecule has 3 rings (SSSR count). The Balaban J connectivity index is 1.58. The van der Waals surface area contributed by atoms with Gasteiger partial charge in [-0.05, 0) is 19.4 Å². The molecular weight excluding hydrogens is 244 g/mol. The van der Waals surface area contributed by atoms with Crippen LogP contribution in [0.15, 0.2) is 17.2 Å². The minimum Gasteiger partial charge on any atom is -0.373 e. The average Bonchev–Trinajstić information content (AvgIpc) is 2.88. The standard InChI is InChI=1S/C13H20N4O2/c1-16-6-4-14-12(13(16)18)15-7-11-8-17-5-2-3-10(17)9-19-11/h4,6,10-11H,2-3,5,7-9H2,1H3,(H,14,15). The van der Waals surface area contributed by atoms with E-state index >= 15 is 0 Å². The van der Waals surface area contributed by atoms with Crippen molar-refractivity contribution in [2.75, 3.05) is 31.6 Å². The molecule has 0 saturated carbocycles. The van der Waals surface area contributed by atoms with Gasteiger partial charge in [0.25, 0.3) is 5.56 Å². The van der Waals surface area contributed by atoms with E-state index in [1.165, 1.54) is 24.0 Å². The number of fused-ring (bicyclic) bond motifs is 1. The van der Waals surface area contributed by atoms with Gasteiger partial charge in [-0.2, -0.15) is 0 Å². The normalized spacial score (nSPS) is 27.2. The summed E-state index contributed by atoms with van der Waals surface area (Å²) in [6.07, 6.45) is 5.94. The number of morpholine rings is 1. The summed E-state index contributed by atoms with van der Waals surface area (Å²) in [6.45, 7) is 3.57. The molecule has 0 bridgehead atoms. The molecule has 0 aromatic carbocycles. The van der Waals surface area contributed by atoms with Crippen molar-refractivity contribution in [3.05, 3.63) is 22.7 Å². The van der Waals surface area contributed by atoms with E-state index in [-0.39, 0.29) is 11.7 Å². The molecule has 0 radical (unpaired) electrons. The van der Waals surface area contributed by atoms with E-state index in [1.807, 2.05) is 0 Å². The Morgan fingerprint density at radius 3 is 3.37 bits per heavy atom. The van der Waals surface area contributed by atoms with Crippen molar-refractivity contribution in [2.45, 2.75) is 25.0 Å². The second-order valence-electron chi connectivity index (χ2n) is 5.32. The van der Waals surface area contributed by atoms with Crippen molar-refractivity contribution in [1.82, 2.24) is 14.5 Å². The molecule has 2 aliphatic rings. The zero-order valence-corrected chi connectivity index (χ0v) is 11.2. The SMILES string of the molecule is Cn1ccnc(NCC2CN3CCCC3CO2)c1=O. The highest BCUT2D eigenvalue weighted by Crippen LogP contribution is 2.22. The third-order valence-electron chi connectivity index (χ3n) is 3.98. The second-order valence-corrected chi connectivity index (χ2v) is 5.32. The molecular formula is C13H20N4O2. The molecule has 2 saturated heterocycles. The fourth-order valence-electron chi connectivity index (χ4n) is 2.84. The van der Waals surface area contributed by atoms with Gasteiger partial charge in [0, 0.05) is 38.6 Å². The van der Waals surface area contributed by atoms with E-state index in [9.17, 15) is 4.79 Å². The van der Waals surface area contributed by atoms with Crippen molar-refractivity contribution >= 4 is 5.82 Å². The first kappa shape index (κ1) is 12.6. The number of hydrogen-bond acceptors (Lipinski definition) is 5. The number of nitrogens with one attached hydrogen (secondary N) is 1. The first-order valence-corrected chi connectivity index (χ1v) is 6.85. The maximum absolute atomic E-state index is 11.8. The van der Waals surface area contributed by atoms with E-state index in [0.717, 1.165) is 13.2 Å². The topological polar surface area (TPSA) is 59.4 Å². The minimum absolute atomic E-state index is 0.0997. The van der Waals surface area contributed by atoms with Crippen molar-refractivity contribution in [2.24, 2.45) is 7.05 Å². The number of nitrogens with zero attached hydrogens (tertiary/aromatic N) is 3. The van der Waals surface area contributed by atoms with Crippen LogP contribution in [0.4, 0.5) is 5.82 Å². The second kappa shape index (κ2) is 5.30. The van der Waals surface area contributed by atoms with Crippen molar-refractivity contribution in [1.29, 1.82) is 0 Å². The van der Waals surface area contributed by atoms with Gasteiger partial charge in [-0.25, -0.2) is 4.98 Å². The highest BCUT2D eigenvalue weighted by Gasteiger charge is 2.32. The molecule has 19 heavy (non-hydrogen) atoms. The van der Waals surface area contributed by atoms with Gasteiger partial charge in [0.1, 0.15) is 0 Å². The summed E-state index contributed by atoms with van der Waals surface area (Å²) in [5, 5.41) is 3.11. The van der Waals surface area contributed by atoms with Crippen LogP contribution < -0.4 is 10.9 Å². The first-order valence-electron chi connectivity index (χ1n) is 6.85. The Hall–Kier alpha value is -1.40. The predicted octanol–water partition coefficient (Wildman–Crippen LogP) is 0.0554. The van der Waals surface area contributed by atoms with E-state index in [2.05, 4.69) is 15.2 Å². The lowest BCUT2D eigenvalue weighted by Crippen LogP contribution is -2.48. The van der Waals surface area contributed by atoms with Crippen LogP contribution in [0.3, 0.4) is 0 Å². The highest BCUT2D eigenvalue weighted by atomic mass is 16.5. The molecule has 6 nitrogen and oxygen atoms in total. The number of aromatic nitrogens is 2. The highest BCUT2D eigenvalue weighted by molar-refractivity contribution is 5.30. The Bertz CT molecular complexity index is 502. The summed E-state index contributed by atoms with van der Waals surface area (Å²) in [6, 6.07) is 0.610. The molecule has 1 aromatic heterocycles. The Morgan fingerprint density at radius 1 is 1.58 bits per heavy atom. The molecule has 0 aliphatic carbocycles. The third kappa shape index (κ3) is 2.64. The van der Waals surface area contributed by atoms with Crippen molar-refractivity contribution < 1.29 is 4.74 Å². The summed E-state index contributed by atoms with van der Waals surface area (Å²) >= 11 is 0. The van der Waals surface area contributed by atoms with Crippen LogP contribution in [-0.2, 0) is 11.8 Å². The fraction of sp³-hybridized carbons (Fsp3) is 0.692. The van der Waals surface area contributed by atoms with Gasteiger partial charge in [0.05, 0.1) is 12.7 Å². The molecule has 0 amide bonds. The maximum atomic E-state index is 11.8. The van der Waals surface area contributed by atoms with Crippen LogP contribution in [0.25, 0.3) is 0 Å². The first-order chi connectivity index (χ1) is 9.24. The predicted molar refractivity (Wildman–Crippen MR) is 72.3 cm³/mol. The zero-order valence-electron chi connectivity index (χ0n) is 11.2. The fourth-order valence-corrected chi connectivity index (χ4v) is 2.84. The molecule has 104 valence electrons. The number of rotatable bonds is 3. The summed E-state index contributed by atoms with van der Waals surface area (Å²) in [5.41, 5.74) is -0.0997. The molecule has 1 N–H and O–H groups in total. The summed E-state index contributed by atoms with van der Waals surface area (Å²) in [4.78, 5) is 18.4. The number of aryl methyl sites for hydroxylation is 1. The zero-order chi connectivity index (χ0) is 13.2. The molecule has 1 aromatic rings. The molecule has 3 heterocycles. The van der Waals surface area contributed by atoms with Crippen LogP contribution in [0, 0.1) is 0 Å². The van der Waals surface area contributed by atoms with E-state index < -0.39 is 0 Å². The van der Waals surface area contributed by atoms with Crippen LogP contribution >= 0.6 is 0 Å². The summed E-state index contributed by atoms with van der Waals surface area (Å²) < 4.78 is 7.36. The quantitative estimate of drug-likeness (QED) is 0.836. The van der Waals surface area contributed by atoms with Crippen LogP contribution in [0.5, 0.6) is 0 Å². The van der Waals surface area contributed by atoms with Crippen molar-refractivity contribution in [3.8, 4) is 0 Å². The lowest BCUT2D eigenvalue weighted by Gasteiger charge is -2.35. The van der Waals surface area contributed by atoms with Gasteiger partial charge in [-0.3, -0.25) is 9.69 Å². The molecule has 2 fully saturated rings. The van der Waals surface area contributed by atoms with E-state index in [4.69, 9.17) is 4.74 Å². The average molecular weight is 264 g/mol. The van der Waals surface area contributed by atoms with E-state index in [0.29, 0.717) is 18.4 Å². The summed E-state index contributed by atoms with van der Waals surface area (Å²) in [5.74, 6) is 0.400. The van der Waals surface area contributed by atoms with Gasteiger partial charge in [-0.1, -0.05) is 0 Å². The van der Waals surface area contributed by atoms with Crippen LogP contribution in [-0.4, -0.2) is 52.8 Å². The lowest BCUT2D eigenvalue weighted by molar-refractivity contribution is -0.0416. The van der Waals surface area contributed by atoms with Crippen LogP contribution in [0.1, 0.15) is 12.8 Å².